The van der Waals surface area contributed by atoms with Gasteiger partial charge in [0.2, 0.25) is 0 Å². The van der Waals surface area contributed by atoms with E-state index >= 15 is 0 Å². The van der Waals surface area contributed by atoms with Crippen LogP contribution in [0.25, 0.3) is 0 Å². The number of ether oxygens (including phenoxy) is 1. The minimum Gasteiger partial charge on any atom is -0.477 e. The van der Waals surface area contributed by atoms with Gasteiger partial charge in [-0.2, -0.15) is 0 Å². The zero-order valence-corrected chi connectivity index (χ0v) is 16.6. The largest absolute Gasteiger partial charge is 0.477 e. The average molecular weight is 422 g/mol. The second-order valence-corrected chi connectivity index (χ2v) is 7.14. The molecule has 0 fully saturated rings. The number of anilines is 1. The zero-order chi connectivity index (χ0) is 21.8. The molecule has 0 aromatic heterocycles. The third-order valence-corrected chi connectivity index (χ3v) is 5.03. The van der Waals surface area contributed by atoms with Gasteiger partial charge >= 0.3 is 0 Å². The highest BCUT2D eigenvalue weighted by Crippen LogP contribution is 2.34. The number of rotatable bonds is 5. The van der Waals surface area contributed by atoms with Gasteiger partial charge in [0, 0.05) is 12.6 Å². The molecule has 1 atom stereocenters. The molecule has 0 spiro atoms. The Bertz CT molecular complexity index is 1100. The topological polar surface area (TPSA) is 58.6 Å². The summed E-state index contributed by atoms with van der Waals surface area (Å²) in [5.41, 5.74) is 1.23. The third kappa shape index (κ3) is 4.55. The van der Waals surface area contributed by atoms with E-state index in [2.05, 4.69) is 5.32 Å². The summed E-state index contributed by atoms with van der Waals surface area (Å²) in [6.45, 7) is 0.314. The van der Waals surface area contributed by atoms with Gasteiger partial charge in [0.25, 0.3) is 11.8 Å². The van der Waals surface area contributed by atoms with Crippen LogP contribution in [0.4, 0.5) is 14.5 Å². The number of nitrogens with one attached hydrogen (secondary N) is 1. The molecule has 1 heterocycles. The van der Waals surface area contributed by atoms with Crippen LogP contribution >= 0.6 is 0 Å². The van der Waals surface area contributed by atoms with Crippen LogP contribution in [0.5, 0.6) is 5.75 Å². The maximum absolute atomic E-state index is 14.2. The van der Waals surface area contributed by atoms with E-state index in [1.807, 2.05) is 30.3 Å². The maximum Gasteiger partial charge on any atom is 0.262 e. The summed E-state index contributed by atoms with van der Waals surface area (Å²) in [5, 5.41) is 2.82. The van der Waals surface area contributed by atoms with Crippen molar-refractivity contribution < 1.29 is 23.1 Å². The summed E-state index contributed by atoms with van der Waals surface area (Å²) in [5.74, 6) is -2.43. The average Bonchev–Trinajstić information content (AvgIpc) is 2.78. The van der Waals surface area contributed by atoms with Crippen molar-refractivity contribution in [2.24, 2.45) is 0 Å². The fourth-order valence-corrected chi connectivity index (χ4v) is 3.46. The van der Waals surface area contributed by atoms with Crippen LogP contribution in [0, 0.1) is 11.6 Å². The zero-order valence-electron chi connectivity index (χ0n) is 16.6. The molecule has 5 nitrogen and oxygen atoms in total. The van der Waals surface area contributed by atoms with Crippen LogP contribution in [0.2, 0.25) is 0 Å². The van der Waals surface area contributed by atoms with Gasteiger partial charge in [0.05, 0.1) is 17.8 Å². The molecule has 2 amide bonds. The molecule has 1 aliphatic rings. The molecule has 1 unspecified atom stereocenters. The lowest BCUT2D eigenvalue weighted by Crippen LogP contribution is -2.51. The van der Waals surface area contributed by atoms with E-state index in [9.17, 15) is 18.4 Å². The second kappa shape index (κ2) is 8.95. The molecule has 0 bridgehead atoms. The van der Waals surface area contributed by atoms with Crippen LogP contribution in [0.3, 0.4) is 0 Å². The van der Waals surface area contributed by atoms with Crippen molar-refractivity contribution in [3.63, 3.8) is 0 Å². The van der Waals surface area contributed by atoms with Gasteiger partial charge in [0.15, 0.2) is 6.10 Å². The summed E-state index contributed by atoms with van der Waals surface area (Å²) in [4.78, 5) is 27.0. The molecule has 4 rings (SSSR count). The minimum atomic E-state index is -0.960. The number of fused-ring (bicyclic) bond motifs is 1. The number of benzene rings is 3. The first kappa shape index (κ1) is 20.5. The Labute approximate surface area is 178 Å². The highest BCUT2D eigenvalue weighted by Gasteiger charge is 2.34. The van der Waals surface area contributed by atoms with Gasteiger partial charge in [-0.25, -0.2) is 8.78 Å². The molecule has 7 heteroatoms. The van der Waals surface area contributed by atoms with Gasteiger partial charge in [-0.05, 0) is 36.2 Å². The Kier molecular flexibility index (Phi) is 5.93. The van der Waals surface area contributed by atoms with Crippen molar-refractivity contribution in [3.05, 3.63) is 95.6 Å². The van der Waals surface area contributed by atoms with E-state index in [-0.39, 0.29) is 18.0 Å². The van der Waals surface area contributed by atoms with Gasteiger partial charge in [-0.3, -0.25) is 9.59 Å². The van der Waals surface area contributed by atoms with Crippen LogP contribution in [-0.4, -0.2) is 31.0 Å². The van der Waals surface area contributed by atoms with Crippen LogP contribution in [-0.2, 0) is 11.2 Å². The van der Waals surface area contributed by atoms with Crippen LogP contribution < -0.4 is 15.0 Å². The molecule has 158 valence electrons. The first-order valence-corrected chi connectivity index (χ1v) is 9.87. The maximum atomic E-state index is 14.2. The molecule has 3 aromatic rings. The molecular weight excluding hydrogens is 402 g/mol. The lowest BCUT2D eigenvalue weighted by molar-refractivity contribution is -0.127. The first-order valence-electron chi connectivity index (χ1n) is 9.87. The Morgan fingerprint density at radius 3 is 2.52 bits per heavy atom. The van der Waals surface area contributed by atoms with Gasteiger partial charge in [0.1, 0.15) is 17.4 Å². The van der Waals surface area contributed by atoms with Crippen molar-refractivity contribution >= 4 is 17.5 Å². The SMILES string of the molecule is O=C(NCCc1ccccc1)C1CN(C(=O)c2ccc(F)cc2F)c2ccccc2O1. The fraction of sp³-hybridized carbons (Fsp3) is 0.167. The summed E-state index contributed by atoms with van der Waals surface area (Å²) in [7, 11) is 0. The van der Waals surface area contributed by atoms with Crippen molar-refractivity contribution in [3.8, 4) is 5.75 Å². The standard InChI is InChI=1S/C24H20F2N2O3/c25-17-10-11-18(19(26)14-17)24(30)28-15-22(31-21-9-5-4-8-20(21)28)23(29)27-13-12-16-6-2-1-3-7-16/h1-11,14,22H,12-13,15H2,(H,27,29). The number of carbonyl (C=O) groups is 2. The summed E-state index contributed by atoms with van der Waals surface area (Å²) < 4.78 is 33.3. The Hall–Kier alpha value is -3.74. The van der Waals surface area contributed by atoms with Crippen molar-refractivity contribution in [1.29, 1.82) is 0 Å². The van der Waals surface area contributed by atoms with E-state index in [0.717, 1.165) is 17.7 Å². The van der Waals surface area contributed by atoms with Crippen LogP contribution in [0.15, 0.2) is 72.8 Å². The molecule has 0 saturated heterocycles. The molecule has 0 aliphatic carbocycles. The Morgan fingerprint density at radius 2 is 1.74 bits per heavy atom. The van der Waals surface area contributed by atoms with E-state index in [1.54, 1.807) is 24.3 Å². The van der Waals surface area contributed by atoms with Gasteiger partial charge in [-0.1, -0.05) is 42.5 Å². The summed E-state index contributed by atoms with van der Waals surface area (Å²) in [6.07, 6.45) is -0.308. The first-order chi connectivity index (χ1) is 15.0. The number of halogens is 2. The smallest absolute Gasteiger partial charge is 0.262 e. The summed E-state index contributed by atoms with van der Waals surface area (Å²) in [6, 6.07) is 19.2. The molecule has 1 N–H and O–H groups in total. The third-order valence-electron chi connectivity index (χ3n) is 5.03. The number of hydrogen-bond acceptors (Lipinski definition) is 3. The van der Waals surface area contributed by atoms with E-state index in [1.165, 1.54) is 4.90 Å². The Balaban J connectivity index is 1.51. The van der Waals surface area contributed by atoms with Gasteiger partial charge < -0.3 is 15.0 Å². The molecule has 31 heavy (non-hydrogen) atoms. The minimum absolute atomic E-state index is 0.0934. The normalized spacial score (nSPS) is 15.0. The fourth-order valence-electron chi connectivity index (χ4n) is 3.46. The number of nitrogens with zero attached hydrogens (tertiary/aromatic N) is 1. The number of para-hydroxylation sites is 2. The van der Waals surface area contributed by atoms with Crippen molar-refractivity contribution in [2.45, 2.75) is 12.5 Å². The Morgan fingerprint density at radius 1 is 1.00 bits per heavy atom. The number of hydrogen-bond donors (Lipinski definition) is 1. The molecular formula is C24H20F2N2O3. The number of carbonyl (C=O) groups excluding carboxylic acids is 2. The predicted molar refractivity (Wildman–Crippen MR) is 112 cm³/mol. The highest BCUT2D eigenvalue weighted by atomic mass is 19.1. The lowest BCUT2D eigenvalue weighted by Gasteiger charge is -2.34. The molecule has 0 saturated carbocycles. The monoisotopic (exact) mass is 422 g/mol. The van der Waals surface area contributed by atoms with E-state index in [0.29, 0.717) is 30.5 Å². The molecule has 3 aromatic carbocycles. The van der Waals surface area contributed by atoms with Crippen LogP contribution in [0.1, 0.15) is 15.9 Å². The molecule has 0 radical (unpaired) electrons. The predicted octanol–water partition coefficient (Wildman–Crippen LogP) is 3.73. The highest BCUT2D eigenvalue weighted by molar-refractivity contribution is 6.08. The van der Waals surface area contributed by atoms with Gasteiger partial charge in [-0.15, -0.1) is 0 Å². The lowest BCUT2D eigenvalue weighted by atomic mass is 10.1. The van der Waals surface area contributed by atoms with E-state index in [4.69, 9.17) is 4.74 Å². The quantitative estimate of drug-likeness (QED) is 0.682. The van der Waals surface area contributed by atoms with Crippen molar-refractivity contribution in [2.75, 3.05) is 18.0 Å². The number of amides is 2. The second-order valence-electron chi connectivity index (χ2n) is 7.14. The van der Waals surface area contributed by atoms with E-state index < -0.39 is 23.6 Å². The molecule has 1 aliphatic heterocycles. The van der Waals surface area contributed by atoms with Crippen molar-refractivity contribution in [1.82, 2.24) is 5.32 Å². The summed E-state index contributed by atoms with van der Waals surface area (Å²) >= 11 is 0.